The maximum absolute atomic E-state index is 14.9. The van der Waals surface area contributed by atoms with Crippen LogP contribution in [0.3, 0.4) is 0 Å². The third kappa shape index (κ3) is 8.75. The first-order chi connectivity index (χ1) is 21.7. The Bertz CT molecular complexity index is 1670. The van der Waals surface area contributed by atoms with Crippen molar-refractivity contribution < 1.29 is 19.1 Å². The molecule has 0 aliphatic heterocycles. The van der Waals surface area contributed by atoms with Crippen LogP contribution in [-0.2, 0) is 20.7 Å². The number of fused-ring (bicyclic) bond motifs is 1. The van der Waals surface area contributed by atoms with Crippen molar-refractivity contribution >= 4 is 34.4 Å². The van der Waals surface area contributed by atoms with Gasteiger partial charge in [0.25, 0.3) is 5.91 Å². The molecular weight excluding hydrogens is 574 g/mol. The predicted octanol–water partition coefficient (Wildman–Crippen LogP) is 8.29. The molecule has 4 aromatic rings. The highest BCUT2D eigenvalue weighted by Gasteiger charge is 2.43. The summed E-state index contributed by atoms with van der Waals surface area (Å²) in [7, 11) is 0. The van der Waals surface area contributed by atoms with Gasteiger partial charge in [-0.3, -0.25) is 9.59 Å². The van der Waals surface area contributed by atoms with E-state index < -0.39 is 29.3 Å². The summed E-state index contributed by atoms with van der Waals surface area (Å²) >= 11 is 0. The molecule has 242 valence electrons. The van der Waals surface area contributed by atoms with Gasteiger partial charge < -0.3 is 20.3 Å². The van der Waals surface area contributed by atoms with Gasteiger partial charge in [0, 0.05) is 17.6 Å². The van der Waals surface area contributed by atoms with E-state index in [0.717, 1.165) is 27.5 Å². The molecule has 0 fully saturated rings. The van der Waals surface area contributed by atoms with Crippen LogP contribution in [0.1, 0.15) is 76.3 Å². The van der Waals surface area contributed by atoms with Crippen LogP contribution in [0.15, 0.2) is 91.0 Å². The lowest BCUT2D eigenvalue weighted by Gasteiger charge is -2.44. The van der Waals surface area contributed by atoms with Gasteiger partial charge in [-0.05, 0) is 88.9 Å². The smallest absolute Gasteiger partial charge is 0.408 e. The molecule has 0 aliphatic carbocycles. The first kappa shape index (κ1) is 34.2. The van der Waals surface area contributed by atoms with Crippen molar-refractivity contribution in [2.75, 3.05) is 5.32 Å². The summed E-state index contributed by atoms with van der Waals surface area (Å²) in [4.78, 5) is 44.3. The van der Waals surface area contributed by atoms with Crippen molar-refractivity contribution in [1.82, 2.24) is 10.2 Å². The number of anilines is 1. The molecule has 2 N–H and O–H groups in total. The van der Waals surface area contributed by atoms with Crippen molar-refractivity contribution in [2.24, 2.45) is 0 Å². The monoisotopic (exact) mass is 621 g/mol. The molecule has 3 amide bonds. The van der Waals surface area contributed by atoms with Gasteiger partial charge >= 0.3 is 6.09 Å². The molecule has 0 radical (unpaired) electrons. The summed E-state index contributed by atoms with van der Waals surface area (Å²) < 4.78 is 5.59. The van der Waals surface area contributed by atoms with E-state index in [2.05, 4.69) is 10.6 Å². The zero-order valence-electron chi connectivity index (χ0n) is 28.3. The molecule has 4 rings (SSSR count). The Labute approximate surface area is 273 Å². The topological polar surface area (TPSA) is 87.7 Å². The quantitative estimate of drug-likeness (QED) is 0.187. The van der Waals surface area contributed by atoms with Gasteiger partial charge in [-0.25, -0.2) is 4.79 Å². The molecule has 0 aromatic heterocycles. The molecule has 2 unspecified atom stereocenters. The normalized spacial score (nSPS) is 13.0. The first-order valence-corrected chi connectivity index (χ1v) is 15.9. The highest BCUT2D eigenvalue weighted by molar-refractivity contribution is 6.00. The fourth-order valence-electron chi connectivity index (χ4n) is 5.68. The first-order valence-electron chi connectivity index (χ1n) is 15.9. The number of rotatable bonds is 10. The van der Waals surface area contributed by atoms with E-state index >= 15 is 0 Å². The van der Waals surface area contributed by atoms with Crippen LogP contribution in [0.5, 0.6) is 0 Å². The largest absolute Gasteiger partial charge is 0.444 e. The summed E-state index contributed by atoms with van der Waals surface area (Å²) in [6.07, 6.45) is 0.0917. The van der Waals surface area contributed by atoms with E-state index in [9.17, 15) is 14.4 Å². The highest BCUT2D eigenvalue weighted by Crippen LogP contribution is 2.34. The molecule has 0 spiro atoms. The van der Waals surface area contributed by atoms with Crippen LogP contribution in [0.4, 0.5) is 10.5 Å². The van der Waals surface area contributed by atoms with Crippen LogP contribution in [0.25, 0.3) is 10.8 Å². The Morgan fingerprint density at radius 3 is 2.00 bits per heavy atom. The van der Waals surface area contributed by atoms with Gasteiger partial charge in [0.2, 0.25) is 5.91 Å². The standard InChI is InChI=1S/C39H47N3O4/c1-9-39(7,8)42(36(44)33(24-28-15-11-10-12-16-28)41-37(45)46-38(4,5)6)34(31-22-26(2)21-27(3)23-31)35(43)40-32-20-19-29-17-13-14-18-30(29)25-32/h10-23,25,33-34H,9,24H2,1-8H3,(H,40,43)(H,41,45). The van der Waals surface area contributed by atoms with Gasteiger partial charge in [0.1, 0.15) is 17.7 Å². The maximum atomic E-state index is 14.9. The lowest BCUT2D eigenvalue weighted by molar-refractivity contribution is -0.147. The zero-order valence-corrected chi connectivity index (χ0v) is 28.3. The average Bonchev–Trinajstić information content (AvgIpc) is 2.98. The Balaban J connectivity index is 1.83. The van der Waals surface area contributed by atoms with Gasteiger partial charge in [-0.1, -0.05) is 96.9 Å². The molecule has 7 nitrogen and oxygen atoms in total. The van der Waals surface area contributed by atoms with E-state index in [1.54, 1.807) is 25.7 Å². The second-order valence-corrected chi connectivity index (χ2v) is 13.6. The number of carbonyl (C=O) groups is 3. The molecule has 0 heterocycles. The summed E-state index contributed by atoms with van der Waals surface area (Å²) in [5, 5.41) is 8.03. The van der Waals surface area contributed by atoms with Crippen molar-refractivity contribution in [3.8, 4) is 0 Å². The molecule has 4 aromatic carbocycles. The fraction of sp³-hybridized carbons (Fsp3) is 0.359. The fourth-order valence-corrected chi connectivity index (χ4v) is 5.68. The third-order valence-electron chi connectivity index (χ3n) is 8.11. The molecule has 2 atom stereocenters. The van der Waals surface area contributed by atoms with Crippen LogP contribution in [0.2, 0.25) is 0 Å². The summed E-state index contributed by atoms with van der Waals surface area (Å²) in [6.45, 7) is 15.2. The van der Waals surface area contributed by atoms with Crippen molar-refractivity contribution in [3.63, 3.8) is 0 Å². The van der Waals surface area contributed by atoms with Crippen molar-refractivity contribution in [3.05, 3.63) is 113 Å². The van der Waals surface area contributed by atoms with E-state index in [1.807, 2.05) is 126 Å². The Morgan fingerprint density at radius 1 is 0.783 bits per heavy atom. The number of hydrogen-bond donors (Lipinski definition) is 2. The number of alkyl carbamates (subject to hydrolysis) is 1. The van der Waals surface area contributed by atoms with Gasteiger partial charge in [-0.2, -0.15) is 0 Å². The van der Waals surface area contributed by atoms with Crippen LogP contribution < -0.4 is 10.6 Å². The predicted molar refractivity (Wildman–Crippen MR) is 186 cm³/mol. The molecule has 0 saturated heterocycles. The number of nitrogens with zero attached hydrogens (tertiary/aromatic N) is 1. The minimum Gasteiger partial charge on any atom is -0.444 e. The average molecular weight is 622 g/mol. The van der Waals surface area contributed by atoms with Crippen LogP contribution in [-0.4, -0.2) is 40.0 Å². The molecule has 0 bridgehead atoms. The molecule has 7 heteroatoms. The number of carbonyl (C=O) groups excluding carboxylic acids is 3. The third-order valence-corrected chi connectivity index (χ3v) is 8.11. The lowest BCUT2D eigenvalue weighted by atomic mass is 9.90. The minimum atomic E-state index is -0.995. The number of ether oxygens (including phenoxy) is 1. The van der Waals surface area contributed by atoms with Crippen molar-refractivity contribution in [1.29, 1.82) is 0 Å². The van der Waals surface area contributed by atoms with Gasteiger partial charge in [0.05, 0.1) is 0 Å². The Morgan fingerprint density at radius 2 is 1.39 bits per heavy atom. The Hall–Kier alpha value is -4.65. The SMILES string of the molecule is CCC(C)(C)N(C(=O)C(Cc1ccccc1)NC(=O)OC(C)(C)C)C(C(=O)Nc1ccc2ccccc2c1)c1cc(C)cc(C)c1. The number of amides is 3. The van der Waals surface area contributed by atoms with E-state index in [-0.39, 0.29) is 18.2 Å². The van der Waals surface area contributed by atoms with Gasteiger partial charge in [0.15, 0.2) is 0 Å². The van der Waals surface area contributed by atoms with E-state index in [0.29, 0.717) is 17.7 Å². The van der Waals surface area contributed by atoms with Crippen LogP contribution in [0, 0.1) is 13.8 Å². The van der Waals surface area contributed by atoms with E-state index in [1.165, 1.54) is 0 Å². The highest BCUT2D eigenvalue weighted by atomic mass is 16.6. The van der Waals surface area contributed by atoms with Crippen molar-refractivity contribution in [2.45, 2.75) is 91.5 Å². The number of aryl methyl sites for hydroxylation is 2. The van der Waals surface area contributed by atoms with Gasteiger partial charge in [-0.15, -0.1) is 0 Å². The number of hydrogen-bond acceptors (Lipinski definition) is 4. The zero-order chi connectivity index (χ0) is 33.6. The minimum absolute atomic E-state index is 0.223. The second kappa shape index (κ2) is 14.2. The molecular formula is C39H47N3O4. The number of benzene rings is 4. The van der Waals surface area contributed by atoms with Crippen LogP contribution >= 0.6 is 0 Å². The second-order valence-electron chi connectivity index (χ2n) is 13.6. The molecule has 0 saturated carbocycles. The Kier molecular flexibility index (Phi) is 10.6. The summed E-state index contributed by atoms with van der Waals surface area (Å²) in [6, 6.07) is 27.2. The lowest BCUT2D eigenvalue weighted by Crippen LogP contribution is -2.59. The van der Waals surface area contributed by atoms with E-state index in [4.69, 9.17) is 4.74 Å². The summed E-state index contributed by atoms with van der Waals surface area (Å²) in [5.41, 5.74) is 2.63. The molecule has 0 aliphatic rings. The maximum Gasteiger partial charge on any atom is 0.408 e. The summed E-state index contributed by atoms with van der Waals surface area (Å²) in [5.74, 6) is -0.717. The number of nitrogens with one attached hydrogen (secondary N) is 2. The molecule has 46 heavy (non-hydrogen) atoms.